The van der Waals surface area contributed by atoms with Gasteiger partial charge in [-0.1, -0.05) is 49.4 Å². The quantitative estimate of drug-likeness (QED) is 0.605. The monoisotopic (exact) mass is 397 g/mol. The molecule has 0 bridgehead atoms. The predicted octanol–water partition coefficient (Wildman–Crippen LogP) is 3.12. The van der Waals surface area contributed by atoms with Crippen molar-refractivity contribution in [2.45, 2.75) is 26.3 Å². The molecule has 154 valence electrons. The van der Waals surface area contributed by atoms with E-state index < -0.39 is 11.9 Å². The fourth-order valence-corrected chi connectivity index (χ4v) is 2.74. The number of aliphatic carboxylic acids is 1. The molecule has 0 heterocycles. The van der Waals surface area contributed by atoms with E-state index >= 15 is 0 Å². The van der Waals surface area contributed by atoms with Gasteiger partial charge in [0.1, 0.15) is 0 Å². The Balaban J connectivity index is 1.71. The highest BCUT2D eigenvalue weighted by Gasteiger charge is 2.12. The molecule has 0 aliphatic rings. The molecule has 0 saturated heterocycles. The minimum atomic E-state index is -0.834. The first-order valence-corrected chi connectivity index (χ1v) is 9.49. The van der Waals surface area contributed by atoms with Gasteiger partial charge in [0.05, 0.1) is 5.92 Å². The van der Waals surface area contributed by atoms with Gasteiger partial charge in [0.15, 0.2) is 0 Å². The molecule has 0 aliphatic heterocycles. The van der Waals surface area contributed by atoms with Gasteiger partial charge in [-0.3, -0.25) is 9.59 Å². The Morgan fingerprint density at radius 3 is 2.28 bits per heavy atom. The molecule has 1 atom stereocenters. The lowest BCUT2D eigenvalue weighted by atomic mass is 10.0. The van der Waals surface area contributed by atoms with Crippen LogP contribution in [0.25, 0.3) is 0 Å². The molecule has 7 nitrogen and oxygen atoms in total. The minimum absolute atomic E-state index is 0.155. The van der Waals surface area contributed by atoms with Crippen LogP contribution >= 0.6 is 0 Å². The van der Waals surface area contributed by atoms with Crippen molar-refractivity contribution in [3.8, 4) is 0 Å². The average molecular weight is 397 g/mol. The highest BCUT2D eigenvalue weighted by atomic mass is 16.4. The van der Waals surface area contributed by atoms with Crippen LogP contribution in [0.3, 0.4) is 0 Å². The third-order valence-electron chi connectivity index (χ3n) is 4.44. The molecule has 0 aromatic heterocycles. The topological polar surface area (TPSA) is 98.7 Å². The number of urea groups is 1. The van der Waals surface area contributed by atoms with Crippen LogP contribution in [0.1, 0.15) is 24.5 Å². The number of carboxylic acids is 1. The first kappa shape index (κ1) is 21.9. The van der Waals surface area contributed by atoms with Gasteiger partial charge in [0.2, 0.25) is 5.91 Å². The first-order chi connectivity index (χ1) is 13.8. The second kappa shape index (κ2) is 10.8. The van der Waals surface area contributed by atoms with E-state index in [2.05, 4.69) is 10.6 Å². The van der Waals surface area contributed by atoms with Gasteiger partial charge in [-0.25, -0.2) is 4.79 Å². The summed E-state index contributed by atoms with van der Waals surface area (Å²) >= 11 is 0. The molecule has 1 unspecified atom stereocenters. The largest absolute Gasteiger partial charge is 0.481 e. The lowest BCUT2D eigenvalue weighted by molar-refractivity contribution is -0.141. The number of carbonyl (C=O) groups is 3. The Kier molecular flexibility index (Phi) is 8.21. The van der Waals surface area contributed by atoms with Crippen molar-refractivity contribution >= 4 is 23.6 Å². The second-order valence-electron chi connectivity index (χ2n) is 7.01. The Bertz CT molecular complexity index is 822. The number of carbonyl (C=O) groups excluding carboxylic acids is 2. The normalized spacial score (nSPS) is 11.4. The zero-order valence-electron chi connectivity index (χ0n) is 16.7. The van der Waals surface area contributed by atoms with Gasteiger partial charge in [0.25, 0.3) is 0 Å². The van der Waals surface area contributed by atoms with Crippen LogP contribution in [0.5, 0.6) is 0 Å². The zero-order chi connectivity index (χ0) is 21.2. The highest BCUT2D eigenvalue weighted by molar-refractivity contribution is 5.91. The molecule has 0 saturated carbocycles. The van der Waals surface area contributed by atoms with Crippen molar-refractivity contribution in [3.63, 3.8) is 0 Å². The van der Waals surface area contributed by atoms with Gasteiger partial charge in [-0.15, -0.1) is 0 Å². The van der Waals surface area contributed by atoms with Crippen LogP contribution < -0.4 is 10.6 Å². The van der Waals surface area contributed by atoms with Gasteiger partial charge < -0.3 is 20.6 Å². The fraction of sp³-hybridized carbons (Fsp3) is 0.318. The van der Waals surface area contributed by atoms with Gasteiger partial charge >= 0.3 is 12.0 Å². The van der Waals surface area contributed by atoms with E-state index in [4.69, 9.17) is 5.11 Å². The average Bonchev–Trinajstić information content (AvgIpc) is 2.70. The summed E-state index contributed by atoms with van der Waals surface area (Å²) in [6.45, 7) is 2.38. The Labute approximate surface area is 170 Å². The minimum Gasteiger partial charge on any atom is -0.481 e. The van der Waals surface area contributed by atoms with Crippen molar-refractivity contribution in [3.05, 3.63) is 65.7 Å². The van der Waals surface area contributed by atoms with Crippen LogP contribution in [0.2, 0.25) is 0 Å². The number of rotatable bonds is 9. The Morgan fingerprint density at radius 2 is 1.66 bits per heavy atom. The van der Waals surface area contributed by atoms with Gasteiger partial charge in [0, 0.05) is 32.2 Å². The molecular formula is C22H27N3O4. The lowest BCUT2D eigenvalue weighted by Gasteiger charge is -2.18. The van der Waals surface area contributed by atoms with E-state index in [0.29, 0.717) is 18.7 Å². The molecule has 2 aromatic rings. The van der Waals surface area contributed by atoms with E-state index in [9.17, 15) is 14.4 Å². The maximum absolute atomic E-state index is 12.1. The summed E-state index contributed by atoms with van der Waals surface area (Å²) in [4.78, 5) is 36.6. The van der Waals surface area contributed by atoms with Crippen LogP contribution in [0, 0.1) is 5.92 Å². The molecule has 0 radical (unpaired) electrons. The Hall–Kier alpha value is -3.35. The maximum Gasteiger partial charge on any atom is 0.317 e. The number of anilines is 1. The summed E-state index contributed by atoms with van der Waals surface area (Å²) in [6, 6.07) is 16.5. The number of carboxylic acid groups (broad SMARTS) is 1. The number of nitrogens with zero attached hydrogens (tertiary/aromatic N) is 1. The maximum atomic E-state index is 12.1. The van der Waals surface area contributed by atoms with E-state index in [1.165, 1.54) is 0 Å². The van der Waals surface area contributed by atoms with E-state index in [0.717, 1.165) is 11.1 Å². The van der Waals surface area contributed by atoms with Gasteiger partial charge in [-0.05, 0) is 29.7 Å². The summed E-state index contributed by atoms with van der Waals surface area (Å²) in [7, 11) is 1.70. The van der Waals surface area contributed by atoms with E-state index in [-0.39, 0.29) is 24.9 Å². The molecule has 0 spiro atoms. The van der Waals surface area contributed by atoms with Crippen molar-refractivity contribution in [2.75, 3.05) is 18.9 Å². The molecule has 2 aromatic carbocycles. The summed E-state index contributed by atoms with van der Waals surface area (Å²) in [5.74, 6) is -1.50. The Morgan fingerprint density at radius 1 is 1.00 bits per heavy atom. The number of nitrogens with one attached hydrogen (secondary N) is 2. The predicted molar refractivity (Wildman–Crippen MR) is 112 cm³/mol. The molecule has 3 N–H and O–H groups in total. The van der Waals surface area contributed by atoms with Crippen molar-refractivity contribution in [1.82, 2.24) is 10.2 Å². The van der Waals surface area contributed by atoms with Crippen LogP contribution in [-0.4, -0.2) is 41.5 Å². The molecule has 3 amide bonds. The summed E-state index contributed by atoms with van der Waals surface area (Å²) in [5, 5.41) is 14.5. The van der Waals surface area contributed by atoms with Gasteiger partial charge in [-0.2, -0.15) is 0 Å². The summed E-state index contributed by atoms with van der Waals surface area (Å²) < 4.78 is 0. The van der Waals surface area contributed by atoms with Crippen molar-refractivity contribution < 1.29 is 19.5 Å². The van der Waals surface area contributed by atoms with E-state index in [1.807, 2.05) is 30.3 Å². The van der Waals surface area contributed by atoms with Crippen molar-refractivity contribution in [1.29, 1.82) is 0 Å². The number of hydrogen-bond acceptors (Lipinski definition) is 3. The standard InChI is InChI=1S/C22H27N3O4/c1-16(21(27)28)14-17-8-10-19(11-9-17)24-20(26)12-13-23-22(29)25(2)15-18-6-4-3-5-7-18/h3-11,16H,12-15H2,1-2H3,(H,23,29)(H,24,26)(H,27,28). The highest BCUT2D eigenvalue weighted by Crippen LogP contribution is 2.13. The number of amides is 3. The molecule has 0 aliphatic carbocycles. The summed E-state index contributed by atoms with van der Waals surface area (Å²) in [6.07, 6.45) is 0.592. The molecule has 2 rings (SSSR count). The number of benzene rings is 2. The van der Waals surface area contributed by atoms with Crippen LogP contribution in [0.4, 0.5) is 10.5 Å². The second-order valence-corrected chi connectivity index (χ2v) is 7.01. The number of hydrogen-bond donors (Lipinski definition) is 3. The van der Waals surface area contributed by atoms with Crippen LogP contribution in [-0.2, 0) is 22.6 Å². The summed E-state index contributed by atoms with van der Waals surface area (Å²) in [5.41, 5.74) is 2.56. The third kappa shape index (κ3) is 7.65. The molecular weight excluding hydrogens is 370 g/mol. The SMILES string of the molecule is CC(Cc1ccc(NC(=O)CCNC(=O)N(C)Cc2ccccc2)cc1)C(=O)O. The molecule has 0 fully saturated rings. The zero-order valence-corrected chi connectivity index (χ0v) is 16.7. The molecule has 7 heteroatoms. The molecule has 29 heavy (non-hydrogen) atoms. The third-order valence-corrected chi connectivity index (χ3v) is 4.44. The smallest absolute Gasteiger partial charge is 0.317 e. The van der Waals surface area contributed by atoms with E-state index in [1.54, 1.807) is 43.1 Å². The van der Waals surface area contributed by atoms with Crippen molar-refractivity contribution in [2.24, 2.45) is 5.92 Å². The first-order valence-electron chi connectivity index (χ1n) is 9.49. The fourth-order valence-electron chi connectivity index (χ4n) is 2.74. The van der Waals surface area contributed by atoms with Crippen LogP contribution in [0.15, 0.2) is 54.6 Å². The lowest BCUT2D eigenvalue weighted by Crippen LogP contribution is -2.38.